The van der Waals surface area contributed by atoms with Gasteiger partial charge in [0.25, 0.3) is 0 Å². The van der Waals surface area contributed by atoms with E-state index >= 15 is 0 Å². The standard InChI is InChI=1S/C15H27O5P/c1-6-11-9-10-12-13(20-15(4,5)19-12)14(11)21(16,17-7-2)18-8-3/h9-14H,6-8H2,1-5H3/t11-,12+,13+,14+/m1/s1. The van der Waals surface area contributed by atoms with Crippen LogP contribution in [0.2, 0.25) is 0 Å². The number of hydrogen-bond donors (Lipinski definition) is 0. The van der Waals surface area contributed by atoms with Crippen LogP contribution in [-0.4, -0.2) is 36.9 Å². The van der Waals surface area contributed by atoms with Crippen molar-refractivity contribution < 1.29 is 23.1 Å². The Kier molecular flexibility index (Phi) is 5.32. The lowest BCUT2D eigenvalue weighted by atomic mass is 9.89. The summed E-state index contributed by atoms with van der Waals surface area (Å²) in [7, 11) is -3.25. The molecule has 0 aromatic rings. The van der Waals surface area contributed by atoms with Crippen molar-refractivity contribution in [3.8, 4) is 0 Å². The van der Waals surface area contributed by atoms with Crippen LogP contribution in [0.5, 0.6) is 0 Å². The van der Waals surface area contributed by atoms with Gasteiger partial charge in [-0.25, -0.2) is 0 Å². The monoisotopic (exact) mass is 318 g/mol. The van der Waals surface area contributed by atoms with E-state index in [-0.39, 0.29) is 23.8 Å². The van der Waals surface area contributed by atoms with E-state index in [0.717, 1.165) is 6.42 Å². The molecular formula is C15H27O5P. The highest BCUT2D eigenvalue weighted by atomic mass is 31.2. The van der Waals surface area contributed by atoms with E-state index in [9.17, 15) is 4.57 Å². The highest BCUT2D eigenvalue weighted by Gasteiger charge is 2.55. The molecular weight excluding hydrogens is 291 g/mol. The Morgan fingerprint density at radius 3 is 2.24 bits per heavy atom. The van der Waals surface area contributed by atoms with Gasteiger partial charge < -0.3 is 18.5 Å². The molecule has 1 aliphatic carbocycles. The second-order valence-electron chi connectivity index (χ2n) is 5.89. The van der Waals surface area contributed by atoms with Crippen LogP contribution < -0.4 is 0 Å². The summed E-state index contributed by atoms with van der Waals surface area (Å²) in [5.74, 6) is -0.572. The molecule has 0 spiro atoms. The van der Waals surface area contributed by atoms with Crippen molar-refractivity contribution in [3.63, 3.8) is 0 Å². The highest BCUT2D eigenvalue weighted by molar-refractivity contribution is 7.54. The lowest BCUT2D eigenvalue weighted by Crippen LogP contribution is -2.42. The summed E-state index contributed by atoms with van der Waals surface area (Å²) in [6.07, 6.45) is 4.47. The van der Waals surface area contributed by atoms with Gasteiger partial charge in [-0.3, -0.25) is 4.57 Å². The van der Waals surface area contributed by atoms with Crippen LogP contribution in [-0.2, 0) is 23.1 Å². The van der Waals surface area contributed by atoms with Gasteiger partial charge in [0.05, 0.1) is 18.9 Å². The molecule has 21 heavy (non-hydrogen) atoms. The number of hydrogen-bond acceptors (Lipinski definition) is 5. The molecule has 0 unspecified atom stereocenters. The maximum Gasteiger partial charge on any atom is 0.337 e. The van der Waals surface area contributed by atoms with Gasteiger partial charge in [-0.2, -0.15) is 0 Å². The lowest BCUT2D eigenvalue weighted by Gasteiger charge is -2.37. The van der Waals surface area contributed by atoms with E-state index in [4.69, 9.17) is 18.5 Å². The molecule has 4 atom stereocenters. The molecule has 0 amide bonds. The zero-order valence-corrected chi connectivity index (χ0v) is 14.5. The van der Waals surface area contributed by atoms with E-state index in [2.05, 4.69) is 13.0 Å². The third kappa shape index (κ3) is 3.43. The Labute approximate surface area is 127 Å². The maximum absolute atomic E-state index is 13.3. The lowest BCUT2D eigenvalue weighted by molar-refractivity contribution is -0.143. The summed E-state index contributed by atoms with van der Waals surface area (Å²) < 4.78 is 36.4. The molecule has 0 radical (unpaired) electrons. The predicted octanol–water partition coefficient (Wildman–Crippen LogP) is 3.74. The van der Waals surface area contributed by atoms with E-state index < -0.39 is 13.4 Å². The smallest absolute Gasteiger partial charge is 0.337 e. The molecule has 0 aromatic carbocycles. The van der Waals surface area contributed by atoms with Crippen LogP contribution in [0.1, 0.15) is 41.0 Å². The average molecular weight is 318 g/mol. The molecule has 0 N–H and O–H groups in total. The summed E-state index contributed by atoms with van der Waals surface area (Å²) in [6, 6.07) is 0. The predicted molar refractivity (Wildman–Crippen MR) is 81.4 cm³/mol. The fraction of sp³-hybridized carbons (Fsp3) is 0.867. The van der Waals surface area contributed by atoms with E-state index in [1.807, 2.05) is 33.8 Å². The summed E-state index contributed by atoms with van der Waals surface area (Å²) in [4.78, 5) is 0. The first-order chi connectivity index (χ1) is 9.87. The van der Waals surface area contributed by atoms with Crippen LogP contribution in [0.25, 0.3) is 0 Å². The maximum atomic E-state index is 13.3. The van der Waals surface area contributed by atoms with Crippen molar-refractivity contribution >= 4 is 7.60 Å². The van der Waals surface area contributed by atoms with Gasteiger partial charge in [-0.1, -0.05) is 19.1 Å². The summed E-state index contributed by atoms with van der Waals surface area (Å²) in [5.41, 5.74) is -0.320. The Hall–Kier alpha value is -0.190. The van der Waals surface area contributed by atoms with Gasteiger partial charge in [0, 0.05) is 0 Å². The normalized spacial score (nSPS) is 34.9. The zero-order valence-electron chi connectivity index (χ0n) is 13.6. The fourth-order valence-corrected chi connectivity index (χ4v) is 5.71. The van der Waals surface area contributed by atoms with E-state index in [0.29, 0.717) is 13.2 Å². The summed E-state index contributed by atoms with van der Waals surface area (Å²) in [5, 5.41) is 0. The van der Waals surface area contributed by atoms with Crippen LogP contribution in [0.3, 0.4) is 0 Å². The molecule has 1 aliphatic heterocycles. The number of fused-ring (bicyclic) bond motifs is 1. The number of rotatable bonds is 6. The molecule has 122 valence electrons. The molecule has 2 rings (SSSR count). The SMILES string of the molecule is CCOP(=O)(OCC)[C@@H]1[C@H]2OC(C)(C)O[C@H]2C=C[C@H]1CC. The molecule has 0 bridgehead atoms. The first kappa shape index (κ1) is 17.2. The topological polar surface area (TPSA) is 54.0 Å². The number of allylic oxidation sites excluding steroid dienone is 1. The molecule has 1 saturated heterocycles. The van der Waals surface area contributed by atoms with Gasteiger partial charge in [-0.15, -0.1) is 0 Å². The van der Waals surface area contributed by atoms with Crippen molar-refractivity contribution in [2.24, 2.45) is 5.92 Å². The Morgan fingerprint density at radius 1 is 1.10 bits per heavy atom. The Balaban J connectivity index is 2.36. The minimum atomic E-state index is -3.25. The van der Waals surface area contributed by atoms with Gasteiger partial charge in [-0.05, 0) is 40.0 Å². The summed E-state index contributed by atoms with van der Waals surface area (Å²) in [6.45, 7) is 10.2. The van der Waals surface area contributed by atoms with Crippen LogP contribution in [0.4, 0.5) is 0 Å². The van der Waals surface area contributed by atoms with Crippen molar-refractivity contribution in [2.45, 2.75) is 64.7 Å². The highest BCUT2D eigenvalue weighted by Crippen LogP contribution is 2.60. The van der Waals surface area contributed by atoms with Gasteiger partial charge in [0.15, 0.2) is 5.79 Å². The second-order valence-corrected chi connectivity index (χ2v) is 8.08. The summed E-state index contributed by atoms with van der Waals surface area (Å²) >= 11 is 0. The quantitative estimate of drug-likeness (QED) is 0.551. The first-order valence-corrected chi connectivity index (χ1v) is 9.40. The number of ether oxygens (including phenoxy) is 2. The van der Waals surface area contributed by atoms with Gasteiger partial charge >= 0.3 is 7.60 Å². The molecule has 1 heterocycles. The fourth-order valence-electron chi connectivity index (χ4n) is 3.20. The average Bonchev–Trinajstić information content (AvgIpc) is 2.71. The molecule has 6 heteroatoms. The largest absolute Gasteiger partial charge is 0.343 e. The van der Waals surface area contributed by atoms with E-state index in [1.165, 1.54) is 0 Å². The van der Waals surface area contributed by atoms with Gasteiger partial charge in [0.2, 0.25) is 0 Å². The van der Waals surface area contributed by atoms with Crippen molar-refractivity contribution in [2.75, 3.05) is 13.2 Å². The Bertz CT molecular complexity index is 424. The third-order valence-electron chi connectivity index (χ3n) is 3.94. The van der Waals surface area contributed by atoms with Crippen molar-refractivity contribution in [1.82, 2.24) is 0 Å². The minimum absolute atomic E-state index is 0.104. The molecule has 2 aliphatic rings. The van der Waals surface area contributed by atoms with E-state index in [1.54, 1.807) is 0 Å². The third-order valence-corrected chi connectivity index (χ3v) is 6.58. The van der Waals surface area contributed by atoms with Crippen molar-refractivity contribution in [1.29, 1.82) is 0 Å². The molecule has 0 saturated carbocycles. The van der Waals surface area contributed by atoms with Crippen LogP contribution >= 0.6 is 7.60 Å². The van der Waals surface area contributed by atoms with Crippen LogP contribution in [0.15, 0.2) is 12.2 Å². The molecule has 0 aromatic heterocycles. The van der Waals surface area contributed by atoms with Crippen LogP contribution in [0, 0.1) is 5.92 Å². The molecule has 5 nitrogen and oxygen atoms in total. The zero-order chi connectivity index (χ0) is 15.7. The van der Waals surface area contributed by atoms with Crippen molar-refractivity contribution in [3.05, 3.63) is 12.2 Å². The Morgan fingerprint density at radius 2 is 1.71 bits per heavy atom. The molecule has 1 fully saturated rings. The van der Waals surface area contributed by atoms with Gasteiger partial charge in [0.1, 0.15) is 12.2 Å². The minimum Gasteiger partial charge on any atom is -0.343 e. The first-order valence-electron chi connectivity index (χ1n) is 7.79. The second kappa shape index (κ2) is 6.51.